The van der Waals surface area contributed by atoms with Gasteiger partial charge >= 0.3 is 6.09 Å². The average molecular weight is 490 g/mol. The highest BCUT2D eigenvalue weighted by atomic mass is 32.1. The molecule has 0 radical (unpaired) electrons. The molecule has 1 fully saturated rings. The van der Waals surface area contributed by atoms with Crippen molar-refractivity contribution in [2.24, 2.45) is 5.92 Å². The molecular formula is C25H23N5O4S. The van der Waals surface area contributed by atoms with Crippen LogP contribution in [0.4, 0.5) is 10.5 Å². The minimum Gasteiger partial charge on any atom is -0.465 e. The van der Waals surface area contributed by atoms with Crippen LogP contribution in [0.5, 0.6) is 0 Å². The van der Waals surface area contributed by atoms with Gasteiger partial charge < -0.3 is 15.3 Å². The fourth-order valence-corrected chi connectivity index (χ4v) is 5.05. The molecule has 35 heavy (non-hydrogen) atoms. The molecule has 0 bridgehead atoms. The maximum atomic E-state index is 12.9. The van der Waals surface area contributed by atoms with Crippen LogP contribution in [0.25, 0.3) is 16.9 Å². The third-order valence-electron chi connectivity index (χ3n) is 6.19. The van der Waals surface area contributed by atoms with Gasteiger partial charge in [0.2, 0.25) is 11.7 Å². The van der Waals surface area contributed by atoms with Crippen molar-refractivity contribution in [3.63, 3.8) is 0 Å². The Hall–Kier alpha value is -4.05. The van der Waals surface area contributed by atoms with Crippen LogP contribution in [0.2, 0.25) is 0 Å². The molecule has 10 heteroatoms. The van der Waals surface area contributed by atoms with Crippen molar-refractivity contribution in [1.29, 1.82) is 0 Å². The number of piperidine rings is 1. The smallest absolute Gasteiger partial charge is 0.407 e. The maximum absolute atomic E-state index is 12.9. The van der Waals surface area contributed by atoms with Gasteiger partial charge in [0, 0.05) is 37.0 Å². The van der Waals surface area contributed by atoms with Crippen LogP contribution in [-0.4, -0.2) is 55.5 Å². The van der Waals surface area contributed by atoms with Gasteiger partial charge in [-0.05, 0) is 48.4 Å². The van der Waals surface area contributed by atoms with Crippen LogP contribution in [0, 0.1) is 5.92 Å². The van der Waals surface area contributed by atoms with Gasteiger partial charge in [-0.2, -0.15) is 5.10 Å². The molecule has 5 rings (SSSR count). The molecular weight excluding hydrogens is 466 g/mol. The highest BCUT2D eigenvalue weighted by molar-refractivity contribution is 7.12. The van der Waals surface area contributed by atoms with E-state index in [-0.39, 0.29) is 17.6 Å². The van der Waals surface area contributed by atoms with E-state index in [0.717, 1.165) is 11.3 Å². The number of hydrogen-bond donors (Lipinski definition) is 2. The molecule has 0 unspecified atom stereocenters. The molecule has 1 aromatic carbocycles. The molecule has 1 saturated heterocycles. The number of fused-ring (bicyclic) bond motifs is 1. The third kappa shape index (κ3) is 4.78. The predicted octanol–water partition coefficient (Wildman–Crippen LogP) is 4.41. The summed E-state index contributed by atoms with van der Waals surface area (Å²) in [5, 5.41) is 18.3. The van der Waals surface area contributed by atoms with Gasteiger partial charge in [0.1, 0.15) is 0 Å². The Balaban J connectivity index is 1.32. The number of rotatable bonds is 6. The zero-order chi connectivity index (χ0) is 24.4. The van der Waals surface area contributed by atoms with Crippen molar-refractivity contribution in [3.8, 4) is 11.3 Å². The molecule has 0 atom stereocenters. The van der Waals surface area contributed by atoms with Crippen molar-refractivity contribution in [2.75, 3.05) is 18.4 Å². The number of hydrogen-bond acceptors (Lipinski definition) is 6. The van der Waals surface area contributed by atoms with Gasteiger partial charge in [-0.15, -0.1) is 11.3 Å². The Morgan fingerprint density at radius 1 is 1.11 bits per heavy atom. The molecule has 0 spiro atoms. The summed E-state index contributed by atoms with van der Waals surface area (Å²) in [7, 11) is 0. The number of anilines is 1. The lowest BCUT2D eigenvalue weighted by molar-refractivity contribution is -0.117. The second-order valence-corrected chi connectivity index (χ2v) is 9.42. The lowest BCUT2D eigenvalue weighted by Gasteiger charge is -2.29. The van der Waals surface area contributed by atoms with Gasteiger partial charge in [0.25, 0.3) is 0 Å². The van der Waals surface area contributed by atoms with E-state index in [1.54, 1.807) is 16.8 Å². The van der Waals surface area contributed by atoms with E-state index in [0.29, 0.717) is 54.1 Å². The first kappa shape index (κ1) is 22.7. The van der Waals surface area contributed by atoms with E-state index < -0.39 is 6.09 Å². The molecule has 2 amide bonds. The monoisotopic (exact) mass is 489 g/mol. The molecule has 0 aliphatic carbocycles. The zero-order valence-corrected chi connectivity index (χ0v) is 19.6. The van der Waals surface area contributed by atoms with Crippen molar-refractivity contribution >= 4 is 40.5 Å². The minimum absolute atomic E-state index is 0.0984. The number of carbonyl (C=O) groups excluding carboxylic acids is 2. The highest BCUT2D eigenvalue weighted by Crippen LogP contribution is 2.26. The summed E-state index contributed by atoms with van der Waals surface area (Å²) in [6, 6.07) is 12.9. The largest absolute Gasteiger partial charge is 0.465 e. The summed E-state index contributed by atoms with van der Waals surface area (Å²) in [5.74, 6) is -0.0504. The lowest BCUT2D eigenvalue weighted by atomic mass is 9.93. The van der Waals surface area contributed by atoms with Gasteiger partial charge in [-0.3, -0.25) is 9.59 Å². The van der Waals surface area contributed by atoms with Crippen LogP contribution < -0.4 is 5.32 Å². The molecule has 1 aliphatic heterocycles. The van der Waals surface area contributed by atoms with E-state index >= 15 is 0 Å². The van der Waals surface area contributed by atoms with Crippen LogP contribution in [0.1, 0.15) is 34.5 Å². The second-order valence-electron chi connectivity index (χ2n) is 8.48. The molecule has 4 aromatic rings. The lowest BCUT2D eigenvalue weighted by Crippen LogP contribution is -2.38. The minimum atomic E-state index is -0.907. The summed E-state index contributed by atoms with van der Waals surface area (Å²) < 4.78 is 1.64. The SMILES string of the molecule is O=C(CC1CCN(C(=O)O)CC1)Nc1cccc(-c2ccnc3c(C(=O)c4cccs4)cnn23)c1. The summed E-state index contributed by atoms with van der Waals surface area (Å²) >= 11 is 1.38. The quantitative estimate of drug-likeness (QED) is 0.388. The first-order valence-electron chi connectivity index (χ1n) is 11.3. The molecule has 3 aromatic heterocycles. The number of amides is 2. The number of thiophene rings is 1. The Kier molecular flexibility index (Phi) is 6.28. The van der Waals surface area contributed by atoms with Gasteiger partial charge in [-0.25, -0.2) is 14.3 Å². The van der Waals surface area contributed by atoms with E-state index in [4.69, 9.17) is 5.11 Å². The highest BCUT2D eigenvalue weighted by Gasteiger charge is 2.24. The molecule has 9 nitrogen and oxygen atoms in total. The summed E-state index contributed by atoms with van der Waals surface area (Å²) in [4.78, 5) is 43.0. The van der Waals surface area contributed by atoms with Crippen LogP contribution in [0.15, 0.2) is 60.2 Å². The van der Waals surface area contributed by atoms with E-state index in [1.165, 1.54) is 22.4 Å². The van der Waals surface area contributed by atoms with Crippen molar-refractivity contribution < 1.29 is 19.5 Å². The number of benzene rings is 1. The normalized spacial score (nSPS) is 14.2. The maximum Gasteiger partial charge on any atom is 0.407 e. The van der Waals surface area contributed by atoms with Gasteiger partial charge in [0.05, 0.1) is 22.3 Å². The summed E-state index contributed by atoms with van der Waals surface area (Å²) in [6.07, 6.45) is 3.99. The molecule has 0 saturated carbocycles. The van der Waals surface area contributed by atoms with Crippen LogP contribution in [0.3, 0.4) is 0 Å². The first-order chi connectivity index (χ1) is 17.0. The van der Waals surface area contributed by atoms with Crippen molar-refractivity contribution in [3.05, 3.63) is 70.7 Å². The molecule has 4 heterocycles. The fourth-order valence-electron chi connectivity index (χ4n) is 4.37. The Bertz CT molecular complexity index is 1390. The summed E-state index contributed by atoms with van der Waals surface area (Å²) in [6.45, 7) is 0.920. The van der Waals surface area contributed by atoms with E-state index in [9.17, 15) is 14.4 Å². The van der Waals surface area contributed by atoms with E-state index in [1.807, 2.05) is 41.8 Å². The fraction of sp³-hybridized carbons (Fsp3) is 0.240. The molecule has 178 valence electrons. The van der Waals surface area contributed by atoms with E-state index in [2.05, 4.69) is 15.4 Å². The van der Waals surface area contributed by atoms with Gasteiger partial charge in [0.15, 0.2) is 5.65 Å². The number of nitrogens with zero attached hydrogens (tertiary/aromatic N) is 4. The number of carbonyl (C=O) groups is 3. The predicted molar refractivity (Wildman–Crippen MR) is 132 cm³/mol. The Labute approximate surface area is 205 Å². The average Bonchev–Trinajstić information content (AvgIpc) is 3.54. The molecule has 2 N–H and O–H groups in total. The Morgan fingerprint density at radius 2 is 1.94 bits per heavy atom. The number of carboxylic acid groups (broad SMARTS) is 1. The third-order valence-corrected chi connectivity index (χ3v) is 7.06. The number of likely N-dealkylation sites (tertiary alicyclic amines) is 1. The summed E-state index contributed by atoms with van der Waals surface area (Å²) in [5.41, 5.74) is 3.14. The van der Waals surface area contributed by atoms with Gasteiger partial charge in [-0.1, -0.05) is 18.2 Å². The zero-order valence-electron chi connectivity index (χ0n) is 18.8. The van der Waals surface area contributed by atoms with Crippen molar-refractivity contribution in [2.45, 2.75) is 19.3 Å². The standard InChI is InChI=1S/C25H23N5O4S/c31-22(13-16-7-10-29(11-8-16)25(33)34)28-18-4-1-3-17(14-18)20-6-9-26-24-19(15-27-30(20)24)23(32)21-5-2-12-35-21/h1-6,9,12,14-16H,7-8,10-11,13H2,(H,28,31)(H,33,34). The number of nitrogens with one attached hydrogen (secondary N) is 1. The number of aromatic nitrogens is 3. The topological polar surface area (TPSA) is 117 Å². The van der Waals surface area contributed by atoms with Crippen molar-refractivity contribution in [1.82, 2.24) is 19.5 Å². The Morgan fingerprint density at radius 3 is 2.69 bits per heavy atom. The van der Waals surface area contributed by atoms with Crippen LogP contribution >= 0.6 is 11.3 Å². The number of ketones is 1. The first-order valence-corrected chi connectivity index (χ1v) is 12.2. The van der Waals surface area contributed by atoms with Crippen LogP contribution in [-0.2, 0) is 4.79 Å². The second kappa shape index (κ2) is 9.67. The molecule has 1 aliphatic rings.